The van der Waals surface area contributed by atoms with E-state index >= 15 is 0 Å². The van der Waals surface area contributed by atoms with E-state index in [1.807, 2.05) is 24.3 Å². The van der Waals surface area contributed by atoms with Crippen LogP contribution in [-0.4, -0.2) is 29.5 Å². The first-order valence-electron chi connectivity index (χ1n) is 5.62. The van der Waals surface area contributed by atoms with Crippen LogP contribution in [0.2, 0.25) is 0 Å². The summed E-state index contributed by atoms with van der Waals surface area (Å²) in [5.41, 5.74) is 6.46. The van der Waals surface area contributed by atoms with Crippen molar-refractivity contribution in [2.75, 3.05) is 13.2 Å². The predicted octanol–water partition coefficient (Wildman–Crippen LogP) is 2.05. The molecule has 0 amide bonds. The SMILES string of the molecule is NC(=NO)c1ccccc1SC1CCOCC1. The smallest absolute Gasteiger partial charge is 0.171 e. The van der Waals surface area contributed by atoms with Crippen LogP contribution in [0.3, 0.4) is 0 Å². The molecule has 1 heterocycles. The van der Waals surface area contributed by atoms with Crippen molar-refractivity contribution in [3.8, 4) is 0 Å². The van der Waals surface area contributed by atoms with E-state index < -0.39 is 0 Å². The summed E-state index contributed by atoms with van der Waals surface area (Å²) in [6.07, 6.45) is 2.10. The zero-order valence-electron chi connectivity index (χ0n) is 9.50. The Kier molecular flexibility index (Phi) is 4.28. The molecule has 1 saturated heterocycles. The second kappa shape index (κ2) is 5.93. The Morgan fingerprint density at radius 1 is 1.35 bits per heavy atom. The molecule has 1 aromatic rings. The number of thioether (sulfide) groups is 1. The molecular weight excluding hydrogens is 236 g/mol. The maximum absolute atomic E-state index is 8.75. The maximum Gasteiger partial charge on any atom is 0.171 e. The third-order valence-corrected chi connectivity index (χ3v) is 4.15. The van der Waals surface area contributed by atoms with Crippen molar-refractivity contribution in [3.05, 3.63) is 29.8 Å². The molecule has 0 radical (unpaired) electrons. The van der Waals surface area contributed by atoms with E-state index in [4.69, 9.17) is 15.7 Å². The summed E-state index contributed by atoms with van der Waals surface area (Å²) in [6.45, 7) is 1.65. The molecule has 0 spiro atoms. The van der Waals surface area contributed by atoms with Crippen LogP contribution in [-0.2, 0) is 4.74 Å². The van der Waals surface area contributed by atoms with Crippen LogP contribution in [0.25, 0.3) is 0 Å². The molecule has 1 fully saturated rings. The number of nitrogens with zero attached hydrogens (tertiary/aromatic N) is 1. The molecular formula is C12H16N2O2S. The number of hydrogen-bond donors (Lipinski definition) is 2. The number of ether oxygens (including phenoxy) is 1. The lowest BCUT2D eigenvalue weighted by Gasteiger charge is -2.22. The summed E-state index contributed by atoms with van der Waals surface area (Å²) >= 11 is 1.78. The van der Waals surface area contributed by atoms with E-state index in [1.54, 1.807) is 11.8 Å². The average Bonchev–Trinajstić information content (AvgIpc) is 2.40. The molecule has 3 N–H and O–H groups in total. The number of oxime groups is 1. The topological polar surface area (TPSA) is 67.8 Å². The molecule has 0 unspecified atom stereocenters. The minimum absolute atomic E-state index is 0.167. The zero-order chi connectivity index (χ0) is 12.1. The van der Waals surface area contributed by atoms with Crippen molar-refractivity contribution in [2.45, 2.75) is 23.0 Å². The highest BCUT2D eigenvalue weighted by Crippen LogP contribution is 2.31. The molecule has 4 nitrogen and oxygen atoms in total. The Hall–Kier alpha value is -1.20. The van der Waals surface area contributed by atoms with Crippen LogP contribution in [0.5, 0.6) is 0 Å². The standard InChI is InChI=1S/C12H16N2O2S/c13-12(14-15)10-3-1-2-4-11(10)17-9-5-7-16-8-6-9/h1-4,9,15H,5-8H2,(H2,13,14). The monoisotopic (exact) mass is 252 g/mol. The summed E-state index contributed by atoms with van der Waals surface area (Å²) in [6, 6.07) is 7.74. The number of amidine groups is 1. The summed E-state index contributed by atoms with van der Waals surface area (Å²) in [4.78, 5) is 1.06. The third-order valence-electron chi connectivity index (χ3n) is 2.73. The first-order valence-corrected chi connectivity index (χ1v) is 6.50. The highest BCUT2D eigenvalue weighted by Gasteiger charge is 2.17. The maximum atomic E-state index is 8.75. The van der Waals surface area contributed by atoms with Gasteiger partial charge in [-0.2, -0.15) is 0 Å². The van der Waals surface area contributed by atoms with E-state index in [1.165, 1.54) is 0 Å². The number of hydrogen-bond acceptors (Lipinski definition) is 4. The summed E-state index contributed by atoms with van der Waals surface area (Å²) in [5.74, 6) is 0.167. The average molecular weight is 252 g/mol. The Balaban J connectivity index is 2.14. The summed E-state index contributed by atoms with van der Waals surface area (Å²) < 4.78 is 5.33. The molecule has 0 aliphatic carbocycles. The molecule has 1 aliphatic heterocycles. The van der Waals surface area contributed by atoms with Crippen molar-refractivity contribution < 1.29 is 9.94 Å². The van der Waals surface area contributed by atoms with Crippen LogP contribution in [0.4, 0.5) is 0 Å². The fourth-order valence-corrected chi connectivity index (χ4v) is 3.05. The fourth-order valence-electron chi connectivity index (χ4n) is 1.81. The normalized spacial score (nSPS) is 18.2. The molecule has 0 atom stereocenters. The molecule has 0 bridgehead atoms. The van der Waals surface area contributed by atoms with Gasteiger partial charge in [0.15, 0.2) is 5.84 Å². The Morgan fingerprint density at radius 3 is 2.76 bits per heavy atom. The van der Waals surface area contributed by atoms with Crippen molar-refractivity contribution in [1.29, 1.82) is 0 Å². The highest BCUT2D eigenvalue weighted by molar-refractivity contribution is 8.00. The second-order valence-electron chi connectivity index (χ2n) is 3.91. The van der Waals surface area contributed by atoms with Crippen LogP contribution in [0.15, 0.2) is 34.3 Å². The van der Waals surface area contributed by atoms with Gasteiger partial charge in [-0.3, -0.25) is 0 Å². The second-order valence-corrected chi connectivity index (χ2v) is 5.25. The quantitative estimate of drug-likeness (QED) is 0.374. The molecule has 0 saturated carbocycles. The Labute approximate surface area is 105 Å². The molecule has 2 rings (SSSR count). The summed E-state index contributed by atoms with van der Waals surface area (Å²) in [5, 5.41) is 12.4. The van der Waals surface area contributed by atoms with Crippen molar-refractivity contribution in [2.24, 2.45) is 10.9 Å². The predicted molar refractivity (Wildman–Crippen MR) is 68.7 cm³/mol. The molecule has 5 heteroatoms. The van der Waals surface area contributed by atoms with E-state index in [-0.39, 0.29) is 5.84 Å². The number of benzene rings is 1. The lowest BCUT2D eigenvalue weighted by Crippen LogP contribution is -2.19. The van der Waals surface area contributed by atoms with E-state index in [9.17, 15) is 0 Å². The molecule has 1 aliphatic rings. The first kappa shape index (κ1) is 12.3. The van der Waals surface area contributed by atoms with Crippen molar-refractivity contribution in [1.82, 2.24) is 0 Å². The van der Waals surface area contributed by atoms with Gasteiger partial charge < -0.3 is 15.7 Å². The summed E-state index contributed by atoms with van der Waals surface area (Å²) in [7, 11) is 0. The molecule has 1 aromatic carbocycles. The molecule has 17 heavy (non-hydrogen) atoms. The van der Waals surface area contributed by atoms with Gasteiger partial charge in [-0.15, -0.1) is 11.8 Å². The molecule has 0 aromatic heterocycles. The lowest BCUT2D eigenvalue weighted by molar-refractivity contribution is 0.100. The molecule has 92 valence electrons. The minimum atomic E-state index is 0.167. The highest BCUT2D eigenvalue weighted by atomic mass is 32.2. The minimum Gasteiger partial charge on any atom is -0.409 e. The first-order chi connectivity index (χ1) is 8.31. The van der Waals surface area contributed by atoms with Crippen LogP contribution >= 0.6 is 11.8 Å². The van der Waals surface area contributed by atoms with Gasteiger partial charge in [0.05, 0.1) is 0 Å². The van der Waals surface area contributed by atoms with E-state index in [0.29, 0.717) is 5.25 Å². The van der Waals surface area contributed by atoms with Crippen LogP contribution in [0.1, 0.15) is 18.4 Å². The van der Waals surface area contributed by atoms with Crippen LogP contribution in [0, 0.1) is 0 Å². The van der Waals surface area contributed by atoms with Gasteiger partial charge >= 0.3 is 0 Å². The van der Waals surface area contributed by atoms with Crippen LogP contribution < -0.4 is 5.73 Å². The van der Waals surface area contributed by atoms with Crippen molar-refractivity contribution in [3.63, 3.8) is 0 Å². The van der Waals surface area contributed by atoms with Gasteiger partial charge in [0.1, 0.15) is 0 Å². The van der Waals surface area contributed by atoms with E-state index in [0.717, 1.165) is 36.5 Å². The van der Waals surface area contributed by atoms with Gasteiger partial charge in [0, 0.05) is 28.9 Å². The number of rotatable bonds is 3. The van der Waals surface area contributed by atoms with E-state index in [2.05, 4.69) is 5.16 Å². The Morgan fingerprint density at radius 2 is 2.06 bits per heavy atom. The third kappa shape index (κ3) is 3.14. The van der Waals surface area contributed by atoms with Gasteiger partial charge in [0.2, 0.25) is 0 Å². The number of nitrogens with two attached hydrogens (primary N) is 1. The largest absolute Gasteiger partial charge is 0.409 e. The van der Waals surface area contributed by atoms with Gasteiger partial charge in [-0.25, -0.2) is 0 Å². The zero-order valence-corrected chi connectivity index (χ0v) is 10.3. The van der Waals surface area contributed by atoms with Gasteiger partial charge in [-0.05, 0) is 18.9 Å². The van der Waals surface area contributed by atoms with Gasteiger partial charge in [0.25, 0.3) is 0 Å². The van der Waals surface area contributed by atoms with Gasteiger partial charge in [-0.1, -0.05) is 23.4 Å². The van der Waals surface area contributed by atoms with Crippen molar-refractivity contribution >= 4 is 17.6 Å². The Bertz CT molecular complexity index is 403. The lowest BCUT2D eigenvalue weighted by atomic mass is 10.2. The fraction of sp³-hybridized carbons (Fsp3) is 0.417.